The van der Waals surface area contributed by atoms with Gasteiger partial charge in [-0.2, -0.15) is 0 Å². The van der Waals surface area contributed by atoms with Crippen molar-refractivity contribution in [3.63, 3.8) is 0 Å². The number of carbonyl (C=O) groups is 2. The first-order valence-corrected chi connectivity index (χ1v) is 16.3. The fraction of sp³-hybridized carbons (Fsp3) is 0.235. The van der Waals surface area contributed by atoms with E-state index in [1.165, 1.54) is 24.1 Å². The normalized spacial score (nSPS) is 12.0. The zero-order chi connectivity index (χ0) is 32.0. The van der Waals surface area contributed by atoms with Gasteiger partial charge in [-0.05, 0) is 79.4 Å². The molecular weight excluding hydrogens is 617 g/mol. The number of halogens is 2. The third-order valence-corrected chi connectivity index (χ3v) is 9.91. The Balaban J connectivity index is 1.82. The molecule has 1 N–H and O–H groups in total. The van der Waals surface area contributed by atoms with Crippen LogP contribution in [-0.2, 0) is 32.6 Å². The number of likely N-dealkylation sites (N-methyl/N-ethyl adjacent to an activating group) is 1. The highest BCUT2D eigenvalue weighted by molar-refractivity contribution is 7.92. The van der Waals surface area contributed by atoms with Crippen molar-refractivity contribution in [2.75, 3.05) is 17.9 Å². The standard InChI is InChI=1S/C34H35Cl2N3O4S/c1-23-10-16-30(17-11-23)44(42,43)39(29-15-12-24(2)25(3)18-29)22-33(40)38(21-27-13-14-28(35)20-31(27)36)32(34(41)37-4)19-26-8-6-5-7-9-26/h5-18,20,32H,19,21-22H2,1-4H3,(H,37,41). The van der Waals surface area contributed by atoms with E-state index in [-0.39, 0.29) is 17.9 Å². The minimum absolute atomic E-state index is 0.0496. The maximum absolute atomic E-state index is 14.4. The first-order valence-electron chi connectivity index (χ1n) is 14.1. The Hall–Kier alpha value is -3.85. The summed E-state index contributed by atoms with van der Waals surface area (Å²) < 4.78 is 29.4. The number of nitrogens with one attached hydrogen (secondary N) is 1. The van der Waals surface area contributed by atoms with E-state index in [1.807, 2.05) is 57.2 Å². The summed E-state index contributed by atoms with van der Waals surface area (Å²) >= 11 is 12.7. The lowest BCUT2D eigenvalue weighted by atomic mass is 10.0. The number of anilines is 1. The molecule has 0 heterocycles. The lowest BCUT2D eigenvalue weighted by molar-refractivity contribution is -0.139. The predicted octanol–water partition coefficient (Wildman–Crippen LogP) is 6.50. The molecule has 0 aliphatic rings. The number of aryl methyl sites for hydroxylation is 3. The second-order valence-electron chi connectivity index (χ2n) is 10.7. The first-order chi connectivity index (χ1) is 20.9. The van der Waals surface area contributed by atoms with E-state index >= 15 is 0 Å². The number of benzene rings is 4. The van der Waals surface area contributed by atoms with Crippen LogP contribution < -0.4 is 9.62 Å². The summed E-state index contributed by atoms with van der Waals surface area (Å²) in [6.45, 7) is 5.08. The minimum Gasteiger partial charge on any atom is -0.357 e. The van der Waals surface area contributed by atoms with Crippen molar-refractivity contribution in [2.24, 2.45) is 0 Å². The van der Waals surface area contributed by atoms with Gasteiger partial charge >= 0.3 is 0 Å². The highest BCUT2D eigenvalue weighted by atomic mass is 35.5. The molecule has 10 heteroatoms. The van der Waals surface area contributed by atoms with Crippen LogP contribution in [-0.4, -0.2) is 44.8 Å². The summed E-state index contributed by atoms with van der Waals surface area (Å²) in [7, 11) is -2.68. The van der Waals surface area contributed by atoms with Crippen molar-refractivity contribution < 1.29 is 18.0 Å². The summed E-state index contributed by atoms with van der Waals surface area (Å²) in [4.78, 5) is 29.2. The van der Waals surface area contributed by atoms with Crippen LogP contribution in [0, 0.1) is 20.8 Å². The molecule has 1 unspecified atom stereocenters. The number of carbonyl (C=O) groups excluding carboxylic acids is 2. The van der Waals surface area contributed by atoms with Crippen molar-refractivity contribution >= 4 is 50.7 Å². The first kappa shape index (κ1) is 33.1. The van der Waals surface area contributed by atoms with Crippen LogP contribution in [0.15, 0.2) is 95.9 Å². The van der Waals surface area contributed by atoms with Gasteiger partial charge in [0.1, 0.15) is 12.6 Å². The van der Waals surface area contributed by atoms with Crippen LogP contribution in [0.2, 0.25) is 10.0 Å². The zero-order valence-electron chi connectivity index (χ0n) is 25.1. The van der Waals surface area contributed by atoms with Gasteiger partial charge < -0.3 is 10.2 Å². The Morgan fingerprint density at radius 1 is 0.841 bits per heavy atom. The van der Waals surface area contributed by atoms with Crippen molar-refractivity contribution in [2.45, 2.75) is 44.7 Å². The van der Waals surface area contributed by atoms with Gasteiger partial charge in [0.2, 0.25) is 11.8 Å². The van der Waals surface area contributed by atoms with E-state index in [9.17, 15) is 18.0 Å². The Morgan fingerprint density at radius 2 is 1.52 bits per heavy atom. The van der Waals surface area contributed by atoms with Crippen LogP contribution in [0.1, 0.15) is 27.8 Å². The highest BCUT2D eigenvalue weighted by Crippen LogP contribution is 2.28. The van der Waals surface area contributed by atoms with Crippen LogP contribution in [0.25, 0.3) is 0 Å². The van der Waals surface area contributed by atoms with Gasteiger partial charge in [-0.3, -0.25) is 13.9 Å². The van der Waals surface area contributed by atoms with Crippen LogP contribution in [0.4, 0.5) is 5.69 Å². The zero-order valence-corrected chi connectivity index (χ0v) is 27.4. The molecule has 44 heavy (non-hydrogen) atoms. The number of sulfonamides is 1. The third kappa shape index (κ3) is 7.80. The molecule has 4 aromatic carbocycles. The molecular formula is C34H35Cl2N3O4S. The number of hydrogen-bond acceptors (Lipinski definition) is 4. The predicted molar refractivity (Wildman–Crippen MR) is 177 cm³/mol. The molecule has 0 aromatic heterocycles. The Labute approximate surface area is 269 Å². The smallest absolute Gasteiger partial charge is 0.264 e. The molecule has 0 bridgehead atoms. The molecule has 0 spiro atoms. The van der Waals surface area contributed by atoms with Crippen molar-refractivity contribution in [1.82, 2.24) is 10.2 Å². The van der Waals surface area contributed by atoms with E-state index in [2.05, 4.69) is 5.32 Å². The molecule has 0 aliphatic heterocycles. The molecule has 0 fully saturated rings. The summed E-state index contributed by atoms with van der Waals surface area (Å²) in [6, 6.07) is 25.0. The number of amides is 2. The van der Waals surface area contributed by atoms with E-state index in [4.69, 9.17) is 23.2 Å². The van der Waals surface area contributed by atoms with E-state index in [0.717, 1.165) is 26.6 Å². The molecule has 4 rings (SSSR count). The van der Waals surface area contributed by atoms with Gasteiger partial charge in [0.05, 0.1) is 10.6 Å². The van der Waals surface area contributed by atoms with E-state index in [1.54, 1.807) is 42.5 Å². The monoisotopic (exact) mass is 651 g/mol. The largest absolute Gasteiger partial charge is 0.357 e. The molecule has 1 atom stereocenters. The van der Waals surface area contributed by atoms with Crippen LogP contribution in [0.5, 0.6) is 0 Å². The number of nitrogens with zero attached hydrogens (tertiary/aromatic N) is 2. The molecule has 2 amide bonds. The minimum atomic E-state index is -4.18. The SMILES string of the molecule is CNC(=O)C(Cc1ccccc1)N(Cc1ccc(Cl)cc1Cl)C(=O)CN(c1ccc(C)c(C)c1)S(=O)(=O)c1ccc(C)cc1. The van der Waals surface area contributed by atoms with Gasteiger partial charge in [0.15, 0.2) is 0 Å². The molecule has 4 aromatic rings. The van der Waals surface area contributed by atoms with Crippen LogP contribution >= 0.6 is 23.2 Å². The summed E-state index contributed by atoms with van der Waals surface area (Å²) in [5.41, 5.74) is 4.49. The molecule has 0 saturated carbocycles. The fourth-order valence-corrected chi connectivity index (χ4v) is 6.68. The van der Waals surface area contributed by atoms with Gasteiger partial charge in [-0.25, -0.2) is 8.42 Å². The lowest BCUT2D eigenvalue weighted by Gasteiger charge is -2.34. The molecule has 0 aliphatic carbocycles. The highest BCUT2D eigenvalue weighted by Gasteiger charge is 2.34. The fourth-order valence-electron chi connectivity index (χ4n) is 4.80. The number of rotatable bonds is 11. The molecule has 7 nitrogen and oxygen atoms in total. The average molecular weight is 653 g/mol. The van der Waals surface area contributed by atoms with Crippen molar-refractivity contribution in [3.05, 3.63) is 129 Å². The summed E-state index contributed by atoms with van der Waals surface area (Å²) in [5.74, 6) is -0.971. The van der Waals surface area contributed by atoms with Crippen LogP contribution in [0.3, 0.4) is 0 Å². The molecule has 0 radical (unpaired) electrons. The van der Waals surface area contributed by atoms with Gasteiger partial charge in [-0.15, -0.1) is 0 Å². The van der Waals surface area contributed by atoms with Gasteiger partial charge in [-0.1, -0.05) is 83.4 Å². The van der Waals surface area contributed by atoms with Crippen molar-refractivity contribution in [1.29, 1.82) is 0 Å². The Bertz CT molecular complexity index is 1750. The Morgan fingerprint density at radius 3 is 2.14 bits per heavy atom. The van der Waals surface area contributed by atoms with Gasteiger partial charge in [0.25, 0.3) is 10.0 Å². The maximum Gasteiger partial charge on any atom is 0.264 e. The van der Waals surface area contributed by atoms with E-state index in [0.29, 0.717) is 21.3 Å². The third-order valence-electron chi connectivity index (χ3n) is 7.54. The van der Waals surface area contributed by atoms with Gasteiger partial charge in [0, 0.05) is 30.1 Å². The summed E-state index contributed by atoms with van der Waals surface area (Å²) in [5, 5.41) is 3.42. The lowest BCUT2D eigenvalue weighted by Crippen LogP contribution is -2.53. The average Bonchev–Trinajstić information content (AvgIpc) is 3.00. The second-order valence-corrected chi connectivity index (χ2v) is 13.4. The van der Waals surface area contributed by atoms with E-state index < -0.39 is 34.4 Å². The maximum atomic E-state index is 14.4. The quantitative estimate of drug-likeness (QED) is 0.201. The second kappa shape index (κ2) is 14.3. The van der Waals surface area contributed by atoms with Crippen molar-refractivity contribution in [3.8, 4) is 0 Å². The molecule has 0 saturated heterocycles. The topological polar surface area (TPSA) is 86.8 Å². The number of hydrogen-bond donors (Lipinski definition) is 1. The summed E-state index contributed by atoms with van der Waals surface area (Å²) in [6.07, 6.45) is 0.200. The molecule has 230 valence electrons. The Kier molecular flexibility index (Phi) is 10.7.